The molecule has 94 valence electrons. The Labute approximate surface area is 108 Å². The van der Waals surface area contributed by atoms with Crippen LogP contribution in [0.5, 0.6) is 0 Å². The SMILES string of the molecule is C/C=C\N=CCC(C)(C)c1nnc(CCC)s1. The molecule has 4 heteroatoms. The summed E-state index contributed by atoms with van der Waals surface area (Å²) < 4.78 is 0. The molecule has 0 saturated carbocycles. The number of aliphatic imine (C=N–C) groups is 1. The molecule has 0 bridgehead atoms. The van der Waals surface area contributed by atoms with Gasteiger partial charge in [-0.05, 0) is 19.8 Å². The van der Waals surface area contributed by atoms with Gasteiger partial charge in [0.05, 0.1) is 0 Å². The average molecular weight is 251 g/mol. The van der Waals surface area contributed by atoms with E-state index in [0.29, 0.717) is 0 Å². The van der Waals surface area contributed by atoms with Gasteiger partial charge in [-0.15, -0.1) is 21.5 Å². The van der Waals surface area contributed by atoms with Crippen LogP contribution in [0.15, 0.2) is 17.3 Å². The van der Waals surface area contributed by atoms with Crippen LogP contribution in [0, 0.1) is 0 Å². The van der Waals surface area contributed by atoms with Gasteiger partial charge in [0, 0.05) is 24.3 Å². The molecular formula is C13H21N3S. The molecule has 17 heavy (non-hydrogen) atoms. The molecule has 1 aromatic rings. The minimum Gasteiger partial charge on any atom is -0.269 e. The van der Waals surface area contributed by atoms with E-state index in [1.807, 2.05) is 19.2 Å². The standard InChI is InChI=1S/C13H21N3S/c1-5-7-11-15-16-12(17-11)13(3,4)8-10-14-9-6-2/h6,9-10H,5,7-8H2,1-4H3/b9-6-,14-10?. The van der Waals surface area contributed by atoms with Crippen molar-refractivity contribution in [1.82, 2.24) is 10.2 Å². The fourth-order valence-electron chi connectivity index (χ4n) is 1.36. The van der Waals surface area contributed by atoms with Crippen LogP contribution in [-0.4, -0.2) is 16.4 Å². The summed E-state index contributed by atoms with van der Waals surface area (Å²) in [5.41, 5.74) is 0.0226. The largest absolute Gasteiger partial charge is 0.269 e. The first-order valence-corrected chi connectivity index (χ1v) is 6.87. The lowest BCUT2D eigenvalue weighted by Gasteiger charge is -2.18. The summed E-state index contributed by atoms with van der Waals surface area (Å²) in [6, 6.07) is 0. The van der Waals surface area contributed by atoms with Gasteiger partial charge in [-0.1, -0.05) is 26.8 Å². The fraction of sp³-hybridized carbons (Fsp3) is 0.615. The van der Waals surface area contributed by atoms with Gasteiger partial charge in [0.2, 0.25) is 0 Å². The van der Waals surface area contributed by atoms with Gasteiger partial charge in [-0.3, -0.25) is 4.99 Å². The van der Waals surface area contributed by atoms with Gasteiger partial charge in [-0.2, -0.15) is 0 Å². The Morgan fingerprint density at radius 2 is 2.12 bits per heavy atom. The van der Waals surface area contributed by atoms with Crippen LogP contribution >= 0.6 is 11.3 Å². The topological polar surface area (TPSA) is 38.1 Å². The van der Waals surface area contributed by atoms with Crippen molar-refractivity contribution in [3.8, 4) is 0 Å². The maximum atomic E-state index is 4.29. The first kappa shape index (κ1) is 14.0. The second kappa shape index (κ2) is 6.64. The number of nitrogens with zero attached hydrogens (tertiary/aromatic N) is 3. The van der Waals surface area contributed by atoms with Gasteiger partial charge < -0.3 is 0 Å². The van der Waals surface area contributed by atoms with E-state index in [1.165, 1.54) is 0 Å². The highest BCUT2D eigenvalue weighted by Crippen LogP contribution is 2.29. The van der Waals surface area contributed by atoms with Crippen LogP contribution in [0.3, 0.4) is 0 Å². The Morgan fingerprint density at radius 3 is 2.76 bits per heavy atom. The second-order valence-corrected chi connectivity index (χ2v) is 5.72. The summed E-state index contributed by atoms with van der Waals surface area (Å²) in [4.78, 5) is 4.19. The highest BCUT2D eigenvalue weighted by Gasteiger charge is 2.24. The van der Waals surface area contributed by atoms with E-state index in [9.17, 15) is 0 Å². The van der Waals surface area contributed by atoms with E-state index in [0.717, 1.165) is 29.3 Å². The number of aryl methyl sites for hydroxylation is 1. The van der Waals surface area contributed by atoms with Crippen molar-refractivity contribution in [3.63, 3.8) is 0 Å². The molecule has 0 N–H and O–H groups in total. The highest BCUT2D eigenvalue weighted by atomic mass is 32.1. The Balaban J connectivity index is 2.67. The van der Waals surface area contributed by atoms with Gasteiger partial charge in [-0.25, -0.2) is 0 Å². The van der Waals surface area contributed by atoms with Crippen molar-refractivity contribution in [1.29, 1.82) is 0 Å². The minimum absolute atomic E-state index is 0.0226. The molecule has 0 unspecified atom stereocenters. The molecule has 1 aromatic heterocycles. The third-order valence-electron chi connectivity index (χ3n) is 2.45. The van der Waals surface area contributed by atoms with Gasteiger partial charge in [0.15, 0.2) is 0 Å². The van der Waals surface area contributed by atoms with E-state index in [-0.39, 0.29) is 5.41 Å². The molecule has 1 rings (SSSR count). The second-order valence-electron chi connectivity index (χ2n) is 4.65. The molecule has 0 aromatic carbocycles. The molecule has 0 aliphatic heterocycles. The molecule has 0 amide bonds. The third kappa shape index (κ3) is 4.38. The van der Waals surface area contributed by atoms with Gasteiger partial charge >= 0.3 is 0 Å². The zero-order valence-corrected chi connectivity index (χ0v) is 11.9. The van der Waals surface area contributed by atoms with Crippen LogP contribution in [0.4, 0.5) is 0 Å². The summed E-state index contributed by atoms with van der Waals surface area (Å²) >= 11 is 1.73. The molecule has 0 saturated heterocycles. The number of hydrogen-bond acceptors (Lipinski definition) is 4. The normalized spacial score (nSPS) is 12.9. The third-order valence-corrected chi connectivity index (χ3v) is 3.80. The van der Waals surface area contributed by atoms with Crippen molar-refractivity contribution < 1.29 is 0 Å². The van der Waals surface area contributed by atoms with Crippen LogP contribution < -0.4 is 0 Å². The quantitative estimate of drug-likeness (QED) is 0.722. The summed E-state index contributed by atoms with van der Waals surface area (Å²) in [5, 5.41) is 10.8. The molecular weight excluding hydrogens is 230 g/mol. The van der Waals surface area contributed by atoms with E-state index in [1.54, 1.807) is 17.5 Å². The summed E-state index contributed by atoms with van der Waals surface area (Å²) in [6.07, 6.45) is 8.71. The van der Waals surface area contributed by atoms with Crippen molar-refractivity contribution >= 4 is 17.6 Å². The zero-order valence-electron chi connectivity index (χ0n) is 11.1. The summed E-state index contributed by atoms with van der Waals surface area (Å²) in [5.74, 6) is 0. The molecule has 0 aliphatic rings. The first-order valence-electron chi connectivity index (χ1n) is 6.06. The van der Waals surface area contributed by atoms with Gasteiger partial charge in [0.1, 0.15) is 10.0 Å². The summed E-state index contributed by atoms with van der Waals surface area (Å²) in [7, 11) is 0. The number of rotatable bonds is 6. The predicted molar refractivity (Wildman–Crippen MR) is 74.9 cm³/mol. The average Bonchev–Trinajstić information content (AvgIpc) is 2.74. The Hall–Kier alpha value is -1.03. The van der Waals surface area contributed by atoms with Crippen molar-refractivity contribution in [2.75, 3.05) is 0 Å². The molecule has 0 radical (unpaired) electrons. The molecule has 0 fully saturated rings. The zero-order chi connectivity index (χ0) is 12.7. The minimum atomic E-state index is 0.0226. The summed E-state index contributed by atoms with van der Waals surface area (Å²) in [6.45, 7) is 8.50. The Kier molecular flexibility index (Phi) is 5.48. The highest BCUT2D eigenvalue weighted by molar-refractivity contribution is 7.11. The molecule has 3 nitrogen and oxygen atoms in total. The molecule has 0 atom stereocenters. The smallest absolute Gasteiger partial charge is 0.123 e. The van der Waals surface area contributed by atoms with Crippen molar-refractivity contribution in [3.05, 3.63) is 22.3 Å². The first-order chi connectivity index (χ1) is 8.10. The maximum absolute atomic E-state index is 4.29. The number of hydrogen-bond donors (Lipinski definition) is 0. The van der Waals surface area contributed by atoms with Gasteiger partial charge in [0.25, 0.3) is 0 Å². The number of aromatic nitrogens is 2. The lowest BCUT2D eigenvalue weighted by Crippen LogP contribution is -2.17. The molecule has 0 aliphatic carbocycles. The van der Waals surface area contributed by atoms with E-state index < -0.39 is 0 Å². The molecule has 0 spiro atoms. The van der Waals surface area contributed by atoms with E-state index in [2.05, 4.69) is 36.0 Å². The Bertz CT molecular complexity index is 391. The Morgan fingerprint density at radius 1 is 1.35 bits per heavy atom. The van der Waals surface area contributed by atoms with Crippen LogP contribution in [0.25, 0.3) is 0 Å². The lowest BCUT2D eigenvalue weighted by molar-refractivity contribution is 0.543. The maximum Gasteiger partial charge on any atom is 0.123 e. The van der Waals surface area contributed by atoms with Crippen molar-refractivity contribution in [2.45, 2.75) is 52.4 Å². The van der Waals surface area contributed by atoms with Crippen LogP contribution in [-0.2, 0) is 11.8 Å². The van der Waals surface area contributed by atoms with Crippen LogP contribution in [0.2, 0.25) is 0 Å². The van der Waals surface area contributed by atoms with E-state index in [4.69, 9.17) is 0 Å². The van der Waals surface area contributed by atoms with E-state index >= 15 is 0 Å². The monoisotopic (exact) mass is 251 g/mol. The van der Waals surface area contributed by atoms with Crippen molar-refractivity contribution in [2.24, 2.45) is 4.99 Å². The predicted octanol–water partition coefficient (Wildman–Crippen LogP) is 3.76. The molecule has 1 heterocycles. The lowest BCUT2D eigenvalue weighted by atomic mass is 9.91. The fourth-order valence-corrected chi connectivity index (χ4v) is 2.41. The number of allylic oxidation sites excluding steroid dienone is 1. The van der Waals surface area contributed by atoms with Crippen LogP contribution in [0.1, 0.15) is 50.6 Å².